The Morgan fingerprint density at radius 3 is 2.00 bits per heavy atom. The van der Waals surface area contributed by atoms with Crippen molar-refractivity contribution in [2.75, 3.05) is 11.5 Å². The third-order valence-electron chi connectivity index (χ3n) is 3.45. The van der Waals surface area contributed by atoms with E-state index in [2.05, 4.69) is 33.8 Å². The summed E-state index contributed by atoms with van der Waals surface area (Å²) >= 11 is 0. The van der Waals surface area contributed by atoms with Crippen molar-refractivity contribution in [2.24, 2.45) is 11.8 Å². The Hall–Kier alpha value is -1.18. The van der Waals surface area contributed by atoms with E-state index < -0.39 is 0 Å². The lowest BCUT2D eigenvalue weighted by atomic mass is 9.92. The molecule has 0 unspecified atom stereocenters. The normalized spacial score (nSPS) is 11.4. The van der Waals surface area contributed by atoms with Crippen LogP contribution in [0.2, 0.25) is 0 Å². The molecule has 0 fully saturated rings. The van der Waals surface area contributed by atoms with Crippen molar-refractivity contribution in [3.05, 3.63) is 23.3 Å². The van der Waals surface area contributed by atoms with Crippen molar-refractivity contribution in [2.45, 2.75) is 53.4 Å². The molecule has 0 saturated carbocycles. The molecule has 0 bridgehead atoms. The van der Waals surface area contributed by atoms with Gasteiger partial charge in [0.2, 0.25) is 0 Å². The van der Waals surface area contributed by atoms with Crippen LogP contribution in [-0.4, -0.2) is 0 Å². The quantitative estimate of drug-likeness (QED) is 0.747. The number of hydrogen-bond acceptors (Lipinski definition) is 2. The van der Waals surface area contributed by atoms with Crippen molar-refractivity contribution in [3.63, 3.8) is 0 Å². The summed E-state index contributed by atoms with van der Waals surface area (Å²) in [5.41, 5.74) is 16.3. The molecule has 0 aliphatic carbocycles. The fourth-order valence-electron chi connectivity index (χ4n) is 2.13. The predicted molar refractivity (Wildman–Crippen MR) is 81.6 cm³/mol. The molecule has 4 N–H and O–H groups in total. The summed E-state index contributed by atoms with van der Waals surface area (Å²) in [6.45, 7) is 9.01. The Kier molecular flexibility index (Phi) is 5.52. The summed E-state index contributed by atoms with van der Waals surface area (Å²) in [5, 5.41) is 0. The maximum Gasteiger partial charge on any atom is 0.0583 e. The van der Waals surface area contributed by atoms with Crippen molar-refractivity contribution >= 4 is 11.4 Å². The van der Waals surface area contributed by atoms with Gasteiger partial charge in [-0.1, -0.05) is 33.8 Å². The first-order chi connectivity index (χ1) is 8.41. The molecule has 0 spiro atoms. The van der Waals surface area contributed by atoms with Crippen LogP contribution in [0.15, 0.2) is 12.1 Å². The highest BCUT2D eigenvalue weighted by Gasteiger charge is 2.10. The van der Waals surface area contributed by atoms with Gasteiger partial charge < -0.3 is 11.5 Å². The van der Waals surface area contributed by atoms with Gasteiger partial charge in [0.1, 0.15) is 0 Å². The first-order valence-electron chi connectivity index (χ1n) is 7.07. The van der Waals surface area contributed by atoms with E-state index in [0.29, 0.717) is 5.92 Å². The molecule has 2 heteroatoms. The molecule has 1 aromatic rings. The zero-order valence-electron chi connectivity index (χ0n) is 12.3. The number of nitrogens with two attached hydrogens (primary N) is 2. The third kappa shape index (κ3) is 4.25. The van der Waals surface area contributed by atoms with Gasteiger partial charge in [0.25, 0.3) is 0 Å². The summed E-state index contributed by atoms with van der Waals surface area (Å²) < 4.78 is 0. The molecule has 1 rings (SSSR count). The Morgan fingerprint density at radius 1 is 0.889 bits per heavy atom. The van der Waals surface area contributed by atoms with Crippen molar-refractivity contribution in [1.82, 2.24) is 0 Å². The van der Waals surface area contributed by atoms with Crippen LogP contribution in [0.3, 0.4) is 0 Å². The lowest BCUT2D eigenvalue weighted by Crippen LogP contribution is -2.06. The average molecular weight is 248 g/mol. The van der Waals surface area contributed by atoms with Crippen LogP contribution < -0.4 is 11.5 Å². The lowest BCUT2D eigenvalue weighted by molar-refractivity contribution is 0.571. The minimum absolute atomic E-state index is 0.698. The third-order valence-corrected chi connectivity index (χ3v) is 3.45. The number of benzene rings is 1. The van der Waals surface area contributed by atoms with Gasteiger partial charge in [-0.2, -0.15) is 0 Å². The molecule has 0 aliphatic heterocycles. The second-order valence-corrected chi connectivity index (χ2v) is 6.07. The number of rotatable bonds is 6. The van der Waals surface area contributed by atoms with Crippen LogP contribution in [0.1, 0.15) is 51.7 Å². The van der Waals surface area contributed by atoms with Gasteiger partial charge in [0, 0.05) is 0 Å². The van der Waals surface area contributed by atoms with E-state index in [0.717, 1.165) is 30.1 Å². The number of anilines is 2. The Balaban J connectivity index is 2.90. The number of nitrogen functional groups attached to an aromatic ring is 2. The van der Waals surface area contributed by atoms with Crippen LogP contribution in [0.4, 0.5) is 11.4 Å². The summed E-state index contributed by atoms with van der Waals surface area (Å²) in [6.07, 6.45) is 4.53. The minimum Gasteiger partial charge on any atom is -0.397 e. The Labute approximate surface area is 112 Å². The van der Waals surface area contributed by atoms with E-state index in [1.54, 1.807) is 0 Å². The fraction of sp³-hybridized carbons (Fsp3) is 0.625. The highest BCUT2D eigenvalue weighted by atomic mass is 14.7. The van der Waals surface area contributed by atoms with Crippen LogP contribution in [0.5, 0.6) is 0 Å². The van der Waals surface area contributed by atoms with E-state index in [9.17, 15) is 0 Å². The zero-order chi connectivity index (χ0) is 13.7. The fourth-order valence-corrected chi connectivity index (χ4v) is 2.13. The molecule has 102 valence electrons. The van der Waals surface area contributed by atoms with Gasteiger partial charge >= 0.3 is 0 Å². The molecule has 0 atom stereocenters. The van der Waals surface area contributed by atoms with Crippen molar-refractivity contribution in [1.29, 1.82) is 0 Å². The van der Waals surface area contributed by atoms with Gasteiger partial charge in [0.05, 0.1) is 11.4 Å². The first-order valence-corrected chi connectivity index (χ1v) is 7.07. The van der Waals surface area contributed by atoms with Gasteiger partial charge in [-0.05, 0) is 54.7 Å². The highest BCUT2D eigenvalue weighted by Crippen LogP contribution is 2.27. The monoisotopic (exact) mass is 248 g/mol. The largest absolute Gasteiger partial charge is 0.397 e. The molecule has 0 radical (unpaired) electrons. The van der Waals surface area contributed by atoms with E-state index in [1.807, 2.05) is 6.07 Å². The molecule has 0 saturated heterocycles. The van der Waals surface area contributed by atoms with Gasteiger partial charge in [-0.3, -0.25) is 0 Å². The maximum atomic E-state index is 6.15. The second kappa shape index (κ2) is 6.67. The van der Waals surface area contributed by atoms with Crippen LogP contribution in [0, 0.1) is 11.8 Å². The van der Waals surface area contributed by atoms with Crippen LogP contribution in [-0.2, 0) is 12.8 Å². The van der Waals surface area contributed by atoms with E-state index >= 15 is 0 Å². The summed E-state index contributed by atoms with van der Waals surface area (Å²) in [6, 6.07) is 4.10. The minimum atomic E-state index is 0.698. The maximum absolute atomic E-state index is 6.15. The van der Waals surface area contributed by atoms with Crippen molar-refractivity contribution in [3.8, 4) is 0 Å². The molecule has 0 aliphatic rings. The molecule has 2 nitrogen and oxygen atoms in total. The SMILES string of the molecule is CC(C)CCc1ccc(N)c(N)c1CCC(C)C. The smallest absolute Gasteiger partial charge is 0.0583 e. The summed E-state index contributed by atoms with van der Waals surface area (Å²) in [4.78, 5) is 0. The molecule has 18 heavy (non-hydrogen) atoms. The molecular weight excluding hydrogens is 220 g/mol. The predicted octanol–water partition coefficient (Wildman–Crippen LogP) is 4.03. The standard InChI is InChI=1S/C16H28N2/c1-11(2)5-7-13-8-10-15(17)16(18)14(13)9-6-12(3)4/h8,10-12H,5-7,9,17-18H2,1-4H3. The lowest BCUT2D eigenvalue weighted by Gasteiger charge is -2.16. The molecule has 0 aromatic heterocycles. The molecule has 0 amide bonds. The second-order valence-electron chi connectivity index (χ2n) is 6.07. The summed E-state index contributed by atoms with van der Waals surface area (Å²) in [7, 11) is 0. The van der Waals surface area contributed by atoms with E-state index in [1.165, 1.54) is 24.0 Å². The Morgan fingerprint density at radius 2 is 1.44 bits per heavy atom. The molecular formula is C16H28N2. The van der Waals surface area contributed by atoms with Gasteiger partial charge in [-0.25, -0.2) is 0 Å². The topological polar surface area (TPSA) is 52.0 Å². The molecule has 1 aromatic carbocycles. The zero-order valence-corrected chi connectivity index (χ0v) is 12.3. The number of aryl methyl sites for hydroxylation is 1. The van der Waals surface area contributed by atoms with Crippen molar-refractivity contribution < 1.29 is 0 Å². The average Bonchev–Trinajstić information content (AvgIpc) is 2.29. The van der Waals surface area contributed by atoms with E-state index in [4.69, 9.17) is 11.5 Å². The van der Waals surface area contributed by atoms with E-state index in [-0.39, 0.29) is 0 Å². The van der Waals surface area contributed by atoms with Gasteiger partial charge in [-0.15, -0.1) is 0 Å². The summed E-state index contributed by atoms with van der Waals surface area (Å²) in [5.74, 6) is 1.42. The molecule has 0 heterocycles. The van der Waals surface area contributed by atoms with Gasteiger partial charge in [0.15, 0.2) is 0 Å². The first kappa shape index (κ1) is 14.9. The Bertz CT molecular complexity index is 381. The number of hydrogen-bond donors (Lipinski definition) is 2. The van der Waals surface area contributed by atoms with Crippen LogP contribution >= 0.6 is 0 Å². The van der Waals surface area contributed by atoms with Crippen LogP contribution in [0.25, 0.3) is 0 Å². The highest BCUT2D eigenvalue weighted by molar-refractivity contribution is 5.69.